The lowest BCUT2D eigenvalue weighted by atomic mass is 9.70. The van der Waals surface area contributed by atoms with Crippen LogP contribution >= 0.6 is 11.6 Å². The Balaban J connectivity index is 1.88. The summed E-state index contributed by atoms with van der Waals surface area (Å²) in [6.07, 6.45) is -1.60. The van der Waals surface area contributed by atoms with E-state index < -0.39 is 35.1 Å². The fourth-order valence-corrected chi connectivity index (χ4v) is 5.97. The molecule has 1 aliphatic carbocycles. The van der Waals surface area contributed by atoms with E-state index in [0.717, 1.165) is 0 Å². The van der Waals surface area contributed by atoms with Crippen LogP contribution in [0.5, 0.6) is 17.2 Å². The van der Waals surface area contributed by atoms with Gasteiger partial charge in [0.15, 0.2) is 11.2 Å². The van der Waals surface area contributed by atoms with Crippen LogP contribution in [0.1, 0.15) is 22.6 Å². The molecule has 35 heavy (non-hydrogen) atoms. The third-order valence-corrected chi connectivity index (χ3v) is 7.40. The van der Waals surface area contributed by atoms with Gasteiger partial charge in [-0.05, 0) is 35.4 Å². The second kappa shape index (κ2) is 8.45. The van der Waals surface area contributed by atoms with Gasteiger partial charge in [0.25, 0.3) is 0 Å². The smallest absolute Gasteiger partial charge is 0.312 e. The van der Waals surface area contributed by atoms with Crippen LogP contribution in [-0.4, -0.2) is 43.6 Å². The standard InChI is InChI=1S/C27H25ClO7/c1-32-18-11-9-16(10-12-18)27-22(15-7-5-4-6-8-15)21(25(30)34-3)24(29)26(27,31)23-19(33-2)13-17(28)14-20(23)35-27/h4-14,21-22,24,29,31H,1-3H3/t21-,22-,24-,26+,27+/m1/s1. The minimum atomic E-state index is -2.09. The van der Waals surface area contributed by atoms with Gasteiger partial charge in [-0.3, -0.25) is 4.79 Å². The van der Waals surface area contributed by atoms with E-state index in [1.54, 1.807) is 43.5 Å². The van der Waals surface area contributed by atoms with Gasteiger partial charge in [-0.15, -0.1) is 0 Å². The van der Waals surface area contributed by atoms with Crippen molar-refractivity contribution in [1.82, 2.24) is 0 Å². The van der Waals surface area contributed by atoms with E-state index in [1.807, 2.05) is 30.3 Å². The molecule has 0 aromatic heterocycles. The summed E-state index contributed by atoms with van der Waals surface area (Å²) in [6, 6.07) is 19.3. The average molecular weight is 497 g/mol. The molecule has 2 N–H and O–H groups in total. The number of methoxy groups -OCH3 is 3. The van der Waals surface area contributed by atoms with Gasteiger partial charge in [-0.25, -0.2) is 0 Å². The zero-order valence-electron chi connectivity index (χ0n) is 19.4. The Kier molecular flexibility index (Phi) is 5.67. The van der Waals surface area contributed by atoms with Gasteiger partial charge in [0.05, 0.1) is 32.8 Å². The minimum Gasteiger partial charge on any atom is -0.497 e. The first-order valence-corrected chi connectivity index (χ1v) is 11.5. The van der Waals surface area contributed by atoms with E-state index >= 15 is 0 Å². The number of carbonyl (C=O) groups is 1. The van der Waals surface area contributed by atoms with Crippen molar-refractivity contribution in [3.63, 3.8) is 0 Å². The monoisotopic (exact) mass is 496 g/mol. The van der Waals surface area contributed by atoms with Crippen LogP contribution in [0.25, 0.3) is 0 Å². The average Bonchev–Trinajstić information content (AvgIpc) is 3.26. The molecule has 0 saturated heterocycles. The van der Waals surface area contributed by atoms with Crippen LogP contribution in [0, 0.1) is 5.92 Å². The Morgan fingerprint density at radius 1 is 1.00 bits per heavy atom. The van der Waals surface area contributed by atoms with E-state index in [0.29, 0.717) is 21.9 Å². The third-order valence-electron chi connectivity index (χ3n) is 7.19. The number of aliphatic hydroxyl groups excluding tert-OH is 1. The van der Waals surface area contributed by atoms with Gasteiger partial charge in [-0.2, -0.15) is 0 Å². The molecular weight excluding hydrogens is 472 g/mol. The molecule has 5 rings (SSSR count). The first-order chi connectivity index (χ1) is 16.8. The summed E-state index contributed by atoms with van der Waals surface area (Å²) in [5, 5.41) is 24.7. The number of hydrogen-bond acceptors (Lipinski definition) is 7. The first kappa shape index (κ1) is 23.5. The number of carbonyl (C=O) groups excluding carboxylic acids is 1. The van der Waals surface area contributed by atoms with E-state index in [-0.39, 0.29) is 17.1 Å². The van der Waals surface area contributed by atoms with Crippen molar-refractivity contribution < 1.29 is 34.0 Å². The molecule has 1 aliphatic heterocycles. The van der Waals surface area contributed by atoms with Crippen LogP contribution in [0.2, 0.25) is 5.02 Å². The predicted molar refractivity (Wildman–Crippen MR) is 128 cm³/mol. The lowest BCUT2D eigenvalue weighted by molar-refractivity contribution is -0.161. The van der Waals surface area contributed by atoms with Crippen LogP contribution in [0.15, 0.2) is 66.7 Å². The van der Waals surface area contributed by atoms with E-state index in [1.165, 1.54) is 14.2 Å². The number of hydrogen-bond donors (Lipinski definition) is 2. The van der Waals surface area contributed by atoms with E-state index in [2.05, 4.69) is 0 Å². The van der Waals surface area contributed by atoms with Crippen molar-refractivity contribution in [3.8, 4) is 17.2 Å². The zero-order valence-corrected chi connectivity index (χ0v) is 20.2. The summed E-state index contributed by atoms with van der Waals surface area (Å²) >= 11 is 6.34. The molecule has 0 unspecified atom stereocenters. The quantitative estimate of drug-likeness (QED) is 0.519. The molecule has 3 aromatic carbocycles. The van der Waals surface area contributed by atoms with Crippen molar-refractivity contribution >= 4 is 17.6 Å². The van der Waals surface area contributed by atoms with Crippen LogP contribution in [0.3, 0.4) is 0 Å². The highest BCUT2D eigenvalue weighted by molar-refractivity contribution is 6.31. The predicted octanol–water partition coefficient (Wildman–Crippen LogP) is 3.78. The fourth-order valence-electron chi connectivity index (χ4n) is 5.78. The molecule has 182 valence electrons. The van der Waals surface area contributed by atoms with Crippen LogP contribution in [-0.2, 0) is 20.7 Å². The van der Waals surface area contributed by atoms with Gasteiger partial charge >= 0.3 is 5.97 Å². The van der Waals surface area contributed by atoms with Gasteiger partial charge in [0.1, 0.15) is 23.4 Å². The van der Waals surface area contributed by atoms with Crippen molar-refractivity contribution in [1.29, 1.82) is 0 Å². The molecule has 1 heterocycles. The molecule has 8 heteroatoms. The van der Waals surface area contributed by atoms with Crippen LogP contribution in [0.4, 0.5) is 0 Å². The number of aliphatic hydroxyl groups is 2. The fraction of sp³-hybridized carbons (Fsp3) is 0.296. The lowest BCUT2D eigenvalue weighted by Crippen LogP contribution is -2.52. The Morgan fingerprint density at radius 3 is 2.29 bits per heavy atom. The number of fused-ring (bicyclic) bond motifs is 3. The normalized spacial score (nSPS) is 28.6. The molecular formula is C27H25ClO7. The van der Waals surface area contributed by atoms with Gasteiger partial charge in [-0.1, -0.05) is 54.1 Å². The molecule has 5 atom stereocenters. The molecule has 0 amide bonds. The van der Waals surface area contributed by atoms with Gasteiger partial charge < -0.3 is 29.2 Å². The summed E-state index contributed by atoms with van der Waals surface area (Å²) in [4.78, 5) is 13.2. The maximum Gasteiger partial charge on any atom is 0.312 e. The first-order valence-electron chi connectivity index (χ1n) is 11.1. The molecule has 0 radical (unpaired) electrons. The maximum absolute atomic E-state index is 13.2. The Labute approximate surface area is 207 Å². The van der Waals surface area contributed by atoms with E-state index in [9.17, 15) is 15.0 Å². The zero-order chi connectivity index (χ0) is 25.0. The molecule has 2 aliphatic rings. The minimum absolute atomic E-state index is 0.222. The second-order valence-corrected chi connectivity index (χ2v) is 9.13. The van der Waals surface area contributed by atoms with Crippen molar-refractivity contribution in [2.75, 3.05) is 21.3 Å². The third kappa shape index (κ3) is 3.08. The number of esters is 1. The Bertz CT molecular complexity index is 1260. The van der Waals surface area contributed by atoms with Crippen molar-refractivity contribution in [2.24, 2.45) is 5.92 Å². The maximum atomic E-state index is 13.2. The molecule has 0 bridgehead atoms. The largest absolute Gasteiger partial charge is 0.497 e. The molecule has 0 spiro atoms. The van der Waals surface area contributed by atoms with Crippen LogP contribution < -0.4 is 14.2 Å². The summed E-state index contributed by atoms with van der Waals surface area (Å²) in [5.41, 5.74) is -2.27. The van der Waals surface area contributed by atoms with Gasteiger partial charge in [0.2, 0.25) is 0 Å². The molecule has 7 nitrogen and oxygen atoms in total. The summed E-state index contributed by atoms with van der Waals surface area (Å²) < 4.78 is 22.6. The summed E-state index contributed by atoms with van der Waals surface area (Å²) in [5.74, 6) is -1.55. The number of benzene rings is 3. The summed E-state index contributed by atoms with van der Waals surface area (Å²) in [6.45, 7) is 0. The Morgan fingerprint density at radius 2 is 1.69 bits per heavy atom. The summed E-state index contributed by atoms with van der Waals surface area (Å²) in [7, 11) is 4.25. The molecule has 1 fully saturated rings. The highest BCUT2D eigenvalue weighted by atomic mass is 35.5. The second-order valence-electron chi connectivity index (χ2n) is 8.70. The SMILES string of the molecule is COC(=O)[C@H]1[C@@H](O)[C@@]2(O)c3c(OC)cc(Cl)cc3O[C@@]2(c2ccc(OC)cc2)[C@@H]1c1ccccc1. The highest BCUT2D eigenvalue weighted by Gasteiger charge is 2.78. The van der Waals surface area contributed by atoms with Crippen molar-refractivity contribution in [3.05, 3.63) is 88.4 Å². The number of halogens is 1. The highest BCUT2D eigenvalue weighted by Crippen LogP contribution is 2.70. The van der Waals surface area contributed by atoms with Crippen molar-refractivity contribution in [2.45, 2.75) is 23.2 Å². The number of rotatable bonds is 5. The Hall–Kier alpha value is -3.26. The van der Waals surface area contributed by atoms with E-state index in [4.69, 9.17) is 30.5 Å². The topological polar surface area (TPSA) is 94.5 Å². The van der Waals surface area contributed by atoms with Gasteiger partial charge in [0, 0.05) is 10.9 Å². The molecule has 1 saturated carbocycles. The lowest BCUT2D eigenvalue weighted by Gasteiger charge is -2.40. The molecule has 3 aromatic rings. The number of ether oxygens (including phenoxy) is 4.